The van der Waals surface area contributed by atoms with Gasteiger partial charge in [-0.05, 0) is 34.7 Å². The summed E-state index contributed by atoms with van der Waals surface area (Å²) in [5.74, 6) is 0.882. The van der Waals surface area contributed by atoms with Crippen molar-refractivity contribution >= 4 is 5.91 Å². The summed E-state index contributed by atoms with van der Waals surface area (Å²) in [5, 5.41) is 6.65. The number of carbonyl (C=O) groups is 1. The molecule has 1 amide bonds. The molecule has 0 saturated heterocycles. The van der Waals surface area contributed by atoms with Crippen molar-refractivity contribution in [2.24, 2.45) is 5.73 Å². The molecule has 0 bridgehead atoms. The van der Waals surface area contributed by atoms with Gasteiger partial charge in [-0.2, -0.15) is 4.98 Å². The number of likely N-dealkylation sites (N-methyl/N-ethyl adjacent to an activating group) is 1. The Labute approximate surface area is 113 Å². The van der Waals surface area contributed by atoms with E-state index in [1.165, 1.54) is 0 Å². The van der Waals surface area contributed by atoms with Crippen LogP contribution in [0.3, 0.4) is 0 Å². The molecule has 108 valence electrons. The number of hydrogen-bond donors (Lipinski definition) is 2. The van der Waals surface area contributed by atoms with E-state index in [1.807, 2.05) is 20.9 Å². The lowest BCUT2D eigenvalue weighted by molar-refractivity contribution is -0.122. The first kappa shape index (κ1) is 15.6. The van der Waals surface area contributed by atoms with Gasteiger partial charge in [0.15, 0.2) is 5.82 Å². The maximum atomic E-state index is 11.6. The van der Waals surface area contributed by atoms with Crippen LogP contribution in [-0.2, 0) is 16.9 Å². The molecule has 1 aromatic heterocycles. The summed E-state index contributed by atoms with van der Waals surface area (Å²) in [6, 6.07) is 0.133. The maximum Gasteiger partial charge on any atom is 0.240 e. The van der Waals surface area contributed by atoms with Crippen LogP contribution in [0.25, 0.3) is 0 Å². The third-order valence-corrected chi connectivity index (χ3v) is 2.31. The second-order valence-corrected chi connectivity index (χ2v) is 5.63. The second kappa shape index (κ2) is 6.12. The summed E-state index contributed by atoms with van der Waals surface area (Å²) in [6.07, 6.45) is 0. The molecule has 0 aliphatic rings. The van der Waals surface area contributed by atoms with E-state index in [1.54, 1.807) is 18.7 Å². The van der Waals surface area contributed by atoms with Crippen LogP contribution in [0.15, 0.2) is 4.52 Å². The lowest BCUT2D eigenvalue weighted by Crippen LogP contribution is -2.38. The standard InChI is InChI=1S/C12H23N5O2/c1-8(2)14-9(18)6-17(5)7-10-15-11(16-19-10)12(3,4)13/h8H,6-7,13H2,1-5H3,(H,14,18). The number of carbonyl (C=O) groups excluding carboxylic acids is 1. The molecule has 1 rings (SSSR count). The van der Waals surface area contributed by atoms with E-state index in [4.69, 9.17) is 10.3 Å². The first-order valence-corrected chi connectivity index (χ1v) is 6.28. The predicted molar refractivity (Wildman–Crippen MR) is 71.1 cm³/mol. The number of hydrogen-bond acceptors (Lipinski definition) is 6. The average molecular weight is 269 g/mol. The highest BCUT2D eigenvalue weighted by Crippen LogP contribution is 2.13. The molecule has 1 aromatic rings. The van der Waals surface area contributed by atoms with Crippen molar-refractivity contribution in [1.29, 1.82) is 0 Å². The Morgan fingerprint density at radius 3 is 2.63 bits per heavy atom. The molecule has 0 radical (unpaired) electrons. The number of aromatic nitrogens is 2. The van der Waals surface area contributed by atoms with E-state index in [-0.39, 0.29) is 18.5 Å². The van der Waals surface area contributed by atoms with E-state index in [2.05, 4.69) is 15.5 Å². The molecule has 0 unspecified atom stereocenters. The Morgan fingerprint density at radius 2 is 2.16 bits per heavy atom. The van der Waals surface area contributed by atoms with Crippen LogP contribution in [0.1, 0.15) is 39.4 Å². The van der Waals surface area contributed by atoms with Crippen molar-refractivity contribution < 1.29 is 9.32 Å². The molecular formula is C12H23N5O2. The smallest absolute Gasteiger partial charge is 0.240 e. The van der Waals surface area contributed by atoms with Gasteiger partial charge in [0.2, 0.25) is 11.8 Å². The van der Waals surface area contributed by atoms with Crippen molar-refractivity contribution in [1.82, 2.24) is 20.4 Å². The summed E-state index contributed by atoms with van der Waals surface area (Å²) in [7, 11) is 1.82. The molecule has 0 spiro atoms. The monoisotopic (exact) mass is 269 g/mol. The molecule has 3 N–H and O–H groups in total. The highest BCUT2D eigenvalue weighted by Gasteiger charge is 2.22. The van der Waals surface area contributed by atoms with Crippen LogP contribution in [0.4, 0.5) is 0 Å². The van der Waals surface area contributed by atoms with Gasteiger partial charge < -0.3 is 15.6 Å². The predicted octanol–water partition coefficient (Wildman–Crippen LogP) is 0.220. The highest BCUT2D eigenvalue weighted by molar-refractivity contribution is 5.78. The summed E-state index contributed by atoms with van der Waals surface area (Å²) >= 11 is 0. The SMILES string of the molecule is CC(C)NC(=O)CN(C)Cc1nc(C(C)(C)N)no1. The van der Waals surface area contributed by atoms with Crippen LogP contribution < -0.4 is 11.1 Å². The van der Waals surface area contributed by atoms with Crippen molar-refractivity contribution in [3.63, 3.8) is 0 Å². The van der Waals surface area contributed by atoms with E-state index < -0.39 is 5.54 Å². The van der Waals surface area contributed by atoms with Crippen molar-refractivity contribution in [2.45, 2.75) is 45.8 Å². The zero-order chi connectivity index (χ0) is 14.6. The molecule has 7 nitrogen and oxygen atoms in total. The van der Waals surface area contributed by atoms with Crippen molar-refractivity contribution in [2.75, 3.05) is 13.6 Å². The highest BCUT2D eigenvalue weighted by atomic mass is 16.5. The van der Waals surface area contributed by atoms with Gasteiger partial charge in [0.1, 0.15) is 0 Å². The molecule has 0 aromatic carbocycles. The van der Waals surface area contributed by atoms with Crippen molar-refractivity contribution in [3.05, 3.63) is 11.7 Å². The number of rotatable bonds is 6. The fraction of sp³-hybridized carbons (Fsp3) is 0.750. The summed E-state index contributed by atoms with van der Waals surface area (Å²) in [6.45, 7) is 8.15. The topological polar surface area (TPSA) is 97.3 Å². The quantitative estimate of drug-likeness (QED) is 0.766. The van der Waals surface area contributed by atoms with Crippen LogP contribution in [0.5, 0.6) is 0 Å². The largest absolute Gasteiger partial charge is 0.353 e. The van der Waals surface area contributed by atoms with Crippen molar-refractivity contribution in [3.8, 4) is 0 Å². The number of amides is 1. The van der Waals surface area contributed by atoms with Crippen LogP contribution in [0, 0.1) is 0 Å². The molecule has 7 heteroatoms. The third kappa shape index (κ3) is 5.35. The summed E-state index contributed by atoms with van der Waals surface area (Å²) in [5.41, 5.74) is 5.24. The van der Waals surface area contributed by atoms with E-state index >= 15 is 0 Å². The fourth-order valence-corrected chi connectivity index (χ4v) is 1.48. The Morgan fingerprint density at radius 1 is 1.53 bits per heavy atom. The minimum Gasteiger partial charge on any atom is -0.353 e. The van der Waals surface area contributed by atoms with Gasteiger partial charge in [0.05, 0.1) is 18.6 Å². The average Bonchev–Trinajstić information content (AvgIpc) is 2.63. The number of nitrogens with one attached hydrogen (secondary N) is 1. The summed E-state index contributed by atoms with van der Waals surface area (Å²) < 4.78 is 5.11. The molecule has 0 aliphatic carbocycles. The van der Waals surface area contributed by atoms with Gasteiger partial charge in [-0.25, -0.2) is 0 Å². The first-order valence-electron chi connectivity index (χ1n) is 6.28. The van der Waals surface area contributed by atoms with Gasteiger partial charge >= 0.3 is 0 Å². The third-order valence-electron chi connectivity index (χ3n) is 2.31. The van der Waals surface area contributed by atoms with Gasteiger partial charge in [-0.1, -0.05) is 5.16 Å². The Kier molecular flexibility index (Phi) is 5.02. The number of nitrogens with two attached hydrogens (primary N) is 1. The number of nitrogens with zero attached hydrogens (tertiary/aromatic N) is 3. The minimum atomic E-state index is -0.630. The minimum absolute atomic E-state index is 0.0311. The maximum absolute atomic E-state index is 11.6. The van der Waals surface area contributed by atoms with Gasteiger partial charge in [-0.15, -0.1) is 0 Å². The zero-order valence-corrected chi connectivity index (χ0v) is 12.2. The Bertz CT molecular complexity index is 422. The molecule has 0 atom stereocenters. The lowest BCUT2D eigenvalue weighted by Gasteiger charge is -2.15. The van der Waals surface area contributed by atoms with E-state index in [9.17, 15) is 4.79 Å². The van der Waals surface area contributed by atoms with Crippen LogP contribution in [-0.4, -0.2) is 40.6 Å². The molecule has 0 saturated carbocycles. The normalized spacial score (nSPS) is 12.2. The van der Waals surface area contributed by atoms with Gasteiger partial charge in [0.25, 0.3) is 0 Å². The Hall–Kier alpha value is -1.47. The molecule has 0 fully saturated rings. The zero-order valence-electron chi connectivity index (χ0n) is 12.2. The van der Waals surface area contributed by atoms with Crippen LogP contribution >= 0.6 is 0 Å². The molecule has 0 aliphatic heterocycles. The van der Waals surface area contributed by atoms with Gasteiger partial charge in [0, 0.05) is 6.04 Å². The second-order valence-electron chi connectivity index (χ2n) is 5.63. The molecular weight excluding hydrogens is 246 g/mol. The first-order chi connectivity index (χ1) is 8.68. The fourth-order valence-electron chi connectivity index (χ4n) is 1.48. The van der Waals surface area contributed by atoms with Gasteiger partial charge in [-0.3, -0.25) is 9.69 Å². The van der Waals surface area contributed by atoms with E-state index in [0.717, 1.165) is 0 Å². The lowest BCUT2D eigenvalue weighted by atomic mass is 10.1. The Balaban J connectivity index is 2.51. The van der Waals surface area contributed by atoms with E-state index in [0.29, 0.717) is 18.3 Å². The molecule has 19 heavy (non-hydrogen) atoms. The summed E-state index contributed by atoms with van der Waals surface area (Å²) in [4.78, 5) is 17.6. The molecule has 1 heterocycles. The van der Waals surface area contributed by atoms with Crippen LogP contribution in [0.2, 0.25) is 0 Å².